The molecule has 1 aromatic carbocycles. The lowest BCUT2D eigenvalue weighted by atomic mass is 9.97. The highest BCUT2D eigenvalue weighted by Gasteiger charge is 2.63. The van der Waals surface area contributed by atoms with Crippen molar-refractivity contribution in [3.8, 4) is 0 Å². The maximum Gasteiger partial charge on any atom is 0.419 e. The zero-order valence-corrected chi connectivity index (χ0v) is 11.5. The number of halogens is 3. The number of benzene rings is 1. The molecule has 2 heterocycles. The van der Waals surface area contributed by atoms with Crippen LogP contribution in [0.5, 0.6) is 0 Å². The summed E-state index contributed by atoms with van der Waals surface area (Å²) in [6, 6.07) is 3.41. The number of hydrogen-bond acceptors (Lipinski definition) is 5. The Hall–Kier alpha value is -1.85. The van der Waals surface area contributed by atoms with Gasteiger partial charge in [-0.1, -0.05) is 0 Å². The molecule has 1 aromatic heterocycles. The van der Waals surface area contributed by atoms with Gasteiger partial charge in [-0.05, 0) is 18.2 Å². The molecule has 1 aliphatic rings. The van der Waals surface area contributed by atoms with Crippen LogP contribution >= 0.6 is 0 Å². The summed E-state index contributed by atoms with van der Waals surface area (Å²) < 4.78 is 67.2. The fourth-order valence-electron chi connectivity index (χ4n) is 2.13. The topological polar surface area (TPSA) is 104 Å². The summed E-state index contributed by atoms with van der Waals surface area (Å²) in [5.41, 5.74) is -2.80. The van der Waals surface area contributed by atoms with Gasteiger partial charge in [-0.2, -0.15) is 17.5 Å². The molecule has 1 fully saturated rings. The van der Waals surface area contributed by atoms with E-state index in [1.54, 1.807) is 0 Å². The lowest BCUT2D eigenvalue weighted by Crippen LogP contribution is -2.70. The molecule has 3 rings (SSSR count). The van der Waals surface area contributed by atoms with Gasteiger partial charge < -0.3 is 9.52 Å². The molecular weight excluding hydrogens is 329 g/mol. The van der Waals surface area contributed by atoms with E-state index in [0.29, 0.717) is 4.31 Å². The van der Waals surface area contributed by atoms with Crippen LogP contribution in [-0.2, 0) is 10.0 Å². The number of oxazole rings is 1. The molecule has 1 saturated heterocycles. The summed E-state index contributed by atoms with van der Waals surface area (Å²) >= 11 is 0. The molecule has 2 N–H and O–H groups in total. The van der Waals surface area contributed by atoms with Gasteiger partial charge in [-0.3, -0.25) is 4.98 Å². The molecular formula is C11H9F3N2O5S. The van der Waals surface area contributed by atoms with Crippen LogP contribution in [0.2, 0.25) is 0 Å². The van der Waals surface area contributed by atoms with Crippen LogP contribution in [-0.4, -0.2) is 47.7 Å². The van der Waals surface area contributed by atoms with Crippen molar-refractivity contribution in [2.75, 3.05) is 13.1 Å². The summed E-state index contributed by atoms with van der Waals surface area (Å²) in [5, 5.41) is 9.31. The van der Waals surface area contributed by atoms with Crippen molar-refractivity contribution in [3.05, 3.63) is 28.7 Å². The third kappa shape index (κ3) is 2.12. The van der Waals surface area contributed by atoms with E-state index < -0.39 is 40.6 Å². The molecule has 0 radical (unpaired) electrons. The normalized spacial score (nSPS) is 19.3. The Labute approximate surface area is 121 Å². The predicted molar refractivity (Wildman–Crippen MR) is 66.6 cm³/mol. The Bertz CT molecular complexity index is 892. The number of rotatable bonds is 2. The Morgan fingerprint density at radius 2 is 1.95 bits per heavy atom. The monoisotopic (exact) mass is 338 g/mol. The first-order chi connectivity index (χ1) is 10.0. The number of aromatic amines is 1. The Balaban J connectivity index is 1.92. The number of nitrogens with one attached hydrogen (secondary N) is 1. The van der Waals surface area contributed by atoms with Crippen molar-refractivity contribution in [2.24, 2.45) is 0 Å². The lowest BCUT2D eigenvalue weighted by Gasteiger charge is -2.45. The van der Waals surface area contributed by atoms with Gasteiger partial charge in [-0.15, -0.1) is 0 Å². The number of aromatic nitrogens is 1. The molecule has 0 saturated carbocycles. The Morgan fingerprint density at radius 3 is 2.55 bits per heavy atom. The van der Waals surface area contributed by atoms with Crippen molar-refractivity contribution in [2.45, 2.75) is 16.7 Å². The van der Waals surface area contributed by atoms with Crippen LogP contribution in [0.25, 0.3) is 11.1 Å². The maximum absolute atomic E-state index is 12.5. The van der Waals surface area contributed by atoms with Crippen LogP contribution in [0.4, 0.5) is 13.2 Å². The smallest absolute Gasteiger partial charge is 0.408 e. The molecule has 0 amide bonds. The second-order valence-electron chi connectivity index (χ2n) is 4.97. The minimum atomic E-state index is -4.90. The van der Waals surface area contributed by atoms with Gasteiger partial charge in [0, 0.05) is 0 Å². The molecule has 120 valence electrons. The maximum atomic E-state index is 12.5. The van der Waals surface area contributed by atoms with Crippen molar-refractivity contribution >= 4 is 21.1 Å². The van der Waals surface area contributed by atoms with E-state index in [1.807, 2.05) is 0 Å². The van der Waals surface area contributed by atoms with Crippen LogP contribution in [0.1, 0.15) is 0 Å². The second-order valence-corrected chi connectivity index (χ2v) is 6.91. The second kappa shape index (κ2) is 4.33. The molecule has 0 aliphatic carbocycles. The van der Waals surface area contributed by atoms with E-state index in [-0.39, 0.29) is 16.0 Å². The highest BCUT2D eigenvalue weighted by molar-refractivity contribution is 7.89. The molecule has 0 spiro atoms. The molecule has 1 aliphatic heterocycles. The van der Waals surface area contributed by atoms with Gasteiger partial charge >= 0.3 is 11.9 Å². The van der Waals surface area contributed by atoms with E-state index >= 15 is 0 Å². The van der Waals surface area contributed by atoms with E-state index in [2.05, 4.69) is 4.98 Å². The van der Waals surface area contributed by atoms with Crippen molar-refractivity contribution in [3.63, 3.8) is 0 Å². The van der Waals surface area contributed by atoms with Crippen LogP contribution in [0, 0.1) is 0 Å². The van der Waals surface area contributed by atoms with E-state index in [1.165, 1.54) is 6.07 Å². The van der Waals surface area contributed by atoms with Gasteiger partial charge in [0.1, 0.15) is 0 Å². The third-order valence-corrected chi connectivity index (χ3v) is 5.22. The summed E-state index contributed by atoms with van der Waals surface area (Å²) in [4.78, 5) is 13.0. The van der Waals surface area contributed by atoms with E-state index in [0.717, 1.165) is 12.1 Å². The summed E-state index contributed by atoms with van der Waals surface area (Å²) in [6.07, 6.45) is -4.90. The van der Waals surface area contributed by atoms with Gasteiger partial charge in [0.2, 0.25) is 10.0 Å². The number of hydrogen-bond donors (Lipinski definition) is 2. The first-order valence-electron chi connectivity index (χ1n) is 5.95. The number of β-amino-alcohol motifs (C(OH)–C–C–N with tert-alkyl or cyclic N) is 1. The number of alkyl halides is 3. The first-order valence-corrected chi connectivity index (χ1v) is 7.39. The van der Waals surface area contributed by atoms with Crippen molar-refractivity contribution in [1.82, 2.24) is 9.29 Å². The summed E-state index contributed by atoms with van der Waals surface area (Å²) in [5.74, 6) is -0.778. The van der Waals surface area contributed by atoms with E-state index in [4.69, 9.17) is 4.42 Å². The van der Waals surface area contributed by atoms with Crippen LogP contribution in [0.15, 0.2) is 32.3 Å². The molecule has 0 bridgehead atoms. The third-order valence-electron chi connectivity index (χ3n) is 3.43. The van der Waals surface area contributed by atoms with Gasteiger partial charge in [0.05, 0.1) is 23.5 Å². The van der Waals surface area contributed by atoms with Gasteiger partial charge in [-0.25, -0.2) is 13.2 Å². The molecule has 7 nitrogen and oxygen atoms in total. The molecule has 11 heteroatoms. The quantitative estimate of drug-likeness (QED) is 0.826. The number of sulfonamides is 1. The summed E-state index contributed by atoms with van der Waals surface area (Å²) in [7, 11) is -4.21. The highest BCUT2D eigenvalue weighted by Crippen LogP contribution is 2.40. The molecule has 22 heavy (non-hydrogen) atoms. The number of aliphatic hydroxyl groups is 1. The first kappa shape index (κ1) is 15.1. The Morgan fingerprint density at radius 1 is 1.32 bits per heavy atom. The van der Waals surface area contributed by atoms with Crippen LogP contribution in [0.3, 0.4) is 0 Å². The number of nitrogens with zero attached hydrogens (tertiary/aromatic N) is 1. The average Bonchev–Trinajstić information content (AvgIpc) is 2.72. The zero-order valence-electron chi connectivity index (χ0n) is 10.7. The van der Waals surface area contributed by atoms with E-state index in [9.17, 15) is 31.5 Å². The number of fused-ring (bicyclic) bond motifs is 1. The SMILES string of the molecule is O=c1[nH]c2cc(S(=O)(=O)N3CC(O)(C(F)(F)F)C3)ccc2o1. The zero-order chi connectivity index (χ0) is 16.3. The molecule has 0 unspecified atom stereocenters. The molecule has 2 aromatic rings. The fourth-order valence-corrected chi connectivity index (χ4v) is 3.70. The fraction of sp³-hybridized carbons (Fsp3) is 0.364. The van der Waals surface area contributed by atoms with Gasteiger partial charge in [0.25, 0.3) is 0 Å². The minimum Gasteiger partial charge on any atom is -0.408 e. The Kier molecular flexibility index (Phi) is 2.97. The minimum absolute atomic E-state index is 0.109. The largest absolute Gasteiger partial charge is 0.419 e. The van der Waals surface area contributed by atoms with Gasteiger partial charge in [0.15, 0.2) is 11.2 Å². The lowest BCUT2D eigenvalue weighted by molar-refractivity contribution is -0.290. The van der Waals surface area contributed by atoms with Crippen molar-refractivity contribution < 1.29 is 31.1 Å². The van der Waals surface area contributed by atoms with Crippen molar-refractivity contribution in [1.29, 1.82) is 0 Å². The molecule has 0 atom stereocenters. The standard InChI is InChI=1S/C11H9F3N2O5S/c12-11(13,14)10(18)4-16(5-10)22(19,20)6-1-2-8-7(3-6)15-9(17)21-8/h1-3,18H,4-5H2,(H,15,17). The van der Waals surface area contributed by atoms with Crippen LogP contribution < -0.4 is 5.76 Å². The predicted octanol–water partition coefficient (Wildman–Crippen LogP) is 0.419. The summed E-state index contributed by atoms with van der Waals surface area (Å²) in [6.45, 7) is -2.14. The number of H-pyrrole nitrogens is 1. The highest BCUT2D eigenvalue weighted by atomic mass is 32.2. The average molecular weight is 338 g/mol.